The summed E-state index contributed by atoms with van der Waals surface area (Å²) in [5, 5.41) is 0. The minimum Gasteiger partial charge on any atom is -0.457 e. The van der Waals surface area contributed by atoms with E-state index in [4.69, 9.17) is 10.3 Å². The first kappa shape index (κ1) is 7.78. The standard InChI is InChI=1S/C6H9BrN2O/c7-6-3-5(4-10-6)1-2-9-8/h3-4,9H,1-2,8H2. The normalized spacial score (nSPS) is 10.2. The Labute approximate surface area is 67.7 Å². The summed E-state index contributed by atoms with van der Waals surface area (Å²) in [6.07, 6.45) is 2.60. The second-order valence-corrected chi connectivity index (χ2v) is 2.74. The third kappa shape index (κ3) is 2.13. The number of furan rings is 1. The van der Waals surface area contributed by atoms with Crippen LogP contribution >= 0.6 is 15.9 Å². The van der Waals surface area contributed by atoms with E-state index in [0.29, 0.717) is 0 Å². The number of hydrazine groups is 1. The zero-order chi connectivity index (χ0) is 7.40. The summed E-state index contributed by atoms with van der Waals surface area (Å²) in [5.41, 5.74) is 3.71. The largest absolute Gasteiger partial charge is 0.457 e. The maximum atomic E-state index is 5.09. The van der Waals surface area contributed by atoms with Crippen LogP contribution in [0.25, 0.3) is 0 Å². The molecule has 0 aliphatic carbocycles. The van der Waals surface area contributed by atoms with E-state index in [1.165, 1.54) is 0 Å². The SMILES string of the molecule is NNCCc1coc(Br)c1. The van der Waals surface area contributed by atoms with Crippen LogP contribution in [0.4, 0.5) is 0 Å². The van der Waals surface area contributed by atoms with Crippen molar-refractivity contribution in [2.24, 2.45) is 5.84 Å². The Balaban J connectivity index is 2.42. The highest BCUT2D eigenvalue weighted by atomic mass is 79.9. The fourth-order valence-corrected chi connectivity index (χ4v) is 1.08. The van der Waals surface area contributed by atoms with E-state index in [0.717, 1.165) is 23.2 Å². The van der Waals surface area contributed by atoms with Gasteiger partial charge < -0.3 is 4.42 Å². The van der Waals surface area contributed by atoms with Crippen molar-refractivity contribution in [3.63, 3.8) is 0 Å². The van der Waals surface area contributed by atoms with Crippen LogP contribution in [0.5, 0.6) is 0 Å². The summed E-state index contributed by atoms with van der Waals surface area (Å²) < 4.78 is 5.77. The molecule has 3 nitrogen and oxygen atoms in total. The van der Waals surface area contributed by atoms with Crippen molar-refractivity contribution in [2.75, 3.05) is 6.54 Å². The predicted octanol–water partition coefficient (Wildman–Crippen LogP) is 1.05. The van der Waals surface area contributed by atoms with Crippen LogP contribution in [0, 0.1) is 0 Å². The molecule has 0 fully saturated rings. The molecule has 1 heterocycles. The van der Waals surface area contributed by atoms with Crippen molar-refractivity contribution in [1.82, 2.24) is 5.43 Å². The van der Waals surface area contributed by atoms with Crippen molar-refractivity contribution < 1.29 is 4.42 Å². The number of nitrogens with one attached hydrogen (secondary N) is 1. The van der Waals surface area contributed by atoms with E-state index in [1.54, 1.807) is 6.26 Å². The van der Waals surface area contributed by atoms with Gasteiger partial charge in [0.15, 0.2) is 4.67 Å². The quantitative estimate of drug-likeness (QED) is 0.572. The molecule has 0 aliphatic rings. The second kappa shape index (κ2) is 3.75. The van der Waals surface area contributed by atoms with Gasteiger partial charge in [0.25, 0.3) is 0 Å². The van der Waals surface area contributed by atoms with E-state index in [2.05, 4.69) is 21.4 Å². The third-order valence-electron chi connectivity index (χ3n) is 1.18. The van der Waals surface area contributed by atoms with Crippen molar-refractivity contribution in [1.29, 1.82) is 0 Å². The summed E-state index contributed by atoms with van der Waals surface area (Å²) >= 11 is 3.21. The lowest BCUT2D eigenvalue weighted by Crippen LogP contribution is -2.24. The number of rotatable bonds is 3. The highest BCUT2D eigenvalue weighted by molar-refractivity contribution is 9.10. The second-order valence-electron chi connectivity index (χ2n) is 1.96. The van der Waals surface area contributed by atoms with Crippen molar-refractivity contribution in [3.05, 3.63) is 22.6 Å². The van der Waals surface area contributed by atoms with Crippen LogP contribution < -0.4 is 11.3 Å². The maximum absolute atomic E-state index is 5.09. The molecule has 0 saturated carbocycles. The molecule has 1 aromatic heterocycles. The molecule has 0 amide bonds. The average molecular weight is 205 g/mol. The Morgan fingerprint density at radius 3 is 3.00 bits per heavy atom. The number of halogens is 1. The van der Waals surface area contributed by atoms with E-state index in [-0.39, 0.29) is 0 Å². The van der Waals surface area contributed by atoms with Gasteiger partial charge in [-0.3, -0.25) is 11.3 Å². The highest BCUT2D eigenvalue weighted by Crippen LogP contribution is 2.13. The van der Waals surface area contributed by atoms with Crippen LogP contribution in [-0.4, -0.2) is 6.54 Å². The zero-order valence-corrected chi connectivity index (χ0v) is 7.02. The molecule has 0 atom stereocenters. The van der Waals surface area contributed by atoms with E-state index < -0.39 is 0 Å². The summed E-state index contributed by atoms with van der Waals surface area (Å²) in [7, 11) is 0. The molecule has 1 aromatic rings. The smallest absolute Gasteiger partial charge is 0.169 e. The van der Waals surface area contributed by atoms with Crippen LogP contribution in [-0.2, 0) is 6.42 Å². The number of nitrogens with two attached hydrogens (primary N) is 1. The van der Waals surface area contributed by atoms with E-state index >= 15 is 0 Å². The van der Waals surface area contributed by atoms with Crippen molar-refractivity contribution >= 4 is 15.9 Å². The monoisotopic (exact) mass is 204 g/mol. The average Bonchev–Trinajstić information content (AvgIpc) is 2.31. The third-order valence-corrected chi connectivity index (χ3v) is 1.60. The van der Waals surface area contributed by atoms with Gasteiger partial charge in [-0.25, -0.2) is 0 Å². The fourth-order valence-electron chi connectivity index (χ4n) is 0.693. The summed E-state index contributed by atoms with van der Waals surface area (Å²) in [6, 6.07) is 1.93. The molecule has 10 heavy (non-hydrogen) atoms. The van der Waals surface area contributed by atoms with Gasteiger partial charge in [-0.2, -0.15) is 0 Å². The molecule has 0 spiro atoms. The Kier molecular flexibility index (Phi) is 2.92. The Hall–Kier alpha value is -0.320. The van der Waals surface area contributed by atoms with Gasteiger partial charge in [-0.1, -0.05) is 0 Å². The van der Waals surface area contributed by atoms with Gasteiger partial charge in [0.2, 0.25) is 0 Å². The molecule has 3 N–H and O–H groups in total. The zero-order valence-electron chi connectivity index (χ0n) is 5.43. The molecular formula is C6H9BrN2O. The first-order valence-corrected chi connectivity index (χ1v) is 3.78. The van der Waals surface area contributed by atoms with Gasteiger partial charge >= 0.3 is 0 Å². The summed E-state index contributed by atoms with van der Waals surface area (Å²) in [4.78, 5) is 0. The Morgan fingerprint density at radius 2 is 2.50 bits per heavy atom. The lowest BCUT2D eigenvalue weighted by atomic mass is 10.2. The van der Waals surface area contributed by atoms with Crippen molar-refractivity contribution in [2.45, 2.75) is 6.42 Å². The first-order valence-electron chi connectivity index (χ1n) is 2.99. The van der Waals surface area contributed by atoms with Crippen LogP contribution in [0.2, 0.25) is 0 Å². The van der Waals surface area contributed by atoms with E-state index in [9.17, 15) is 0 Å². The van der Waals surface area contributed by atoms with Gasteiger partial charge in [-0.15, -0.1) is 0 Å². The molecule has 0 bridgehead atoms. The Morgan fingerprint density at radius 1 is 1.70 bits per heavy atom. The molecule has 0 saturated heterocycles. The fraction of sp³-hybridized carbons (Fsp3) is 0.333. The molecule has 56 valence electrons. The lowest BCUT2D eigenvalue weighted by molar-refractivity contribution is 0.537. The predicted molar refractivity (Wildman–Crippen MR) is 42.3 cm³/mol. The lowest BCUT2D eigenvalue weighted by Gasteiger charge is -1.92. The van der Waals surface area contributed by atoms with Gasteiger partial charge in [0.05, 0.1) is 6.26 Å². The molecule has 4 heteroatoms. The van der Waals surface area contributed by atoms with Gasteiger partial charge in [-0.05, 0) is 34.0 Å². The highest BCUT2D eigenvalue weighted by Gasteiger charge is 1.96. The van der Waals surface area contributed by atoms with Gasteiger partial charge in [0.1, 0.15) is 0 Å². The number of hydrogen-bond acceptors (Lipinski definition) is 3. The molecule has 0 aliphatic heterocycles. The van der Waals surface area contributed by atoms with E-state index in [1.807, 2.05) is 6.07 Å². The summed E-state index contributed by atoms with van der Waals surface area (Å²) in [6.45, 7) is 0.770. The van der Waals surface area contributed by atoms with Gasteiger partial charge in [0, 0.05) is 6.54 Å². The van der Waals surface area contributed by atoms with Crippen LogP contribution in [0.1, 0.15) is 5.56 Å². The molecule has 1 rings (SSSR count). The molecule has 0 radical (unpaired) electrons. The summed E-state index contributed by atoms with van der Waals surface area (Å²) in [5.74, 6) is 5.09. The Bertz CT molecular complexity index is 199. The molecule has 0 unspecified atom stereocenters. The topological polar surface area (TPSA) is 51.2 Å². The molecular weight excluding hydrogens is 196 g/mol. The maximum Gasteiger partial charge on any atom is 0.169 e. The van der Waals surface area contributed by atoms with Crippen LogP contribution in [0.3, 0.4) is 0 Å². The number of hydrogen-bond donors (Lipinski definition) is 2. The van der Waals surface area contributed by atoms with Crippen molar-refractivity contribution in [3.8, 4) is 0 Å². The minimum absolute atomic E-state index is 0.763. The minimum atomic E-state index is 0.763. The molecule has 0 aromatic carbocycles. The van der Waals surface area contributed by atoms with Crippen LogP contribution in [0.15, 0.2) is 21.4 Å². The first-order chi connectivity index (χ1) is 4.83.